The molecule has 0 saturated carbocycles. The third kappa shape index (κ3) is 5.49. The molecular formula is C31H35N3O3. The van der Waals surface area contributed by atoms with E-state index in [4.69, 9.17) is 9.15 Å². The van der Waals surface area contributed by atoms with Crippen LogP contribution in [0.5, 0.6) is 5.75 Å². The van der Waals surface area contributed by atoms with Crippen molar-refractivity contribution in [1.82, 2.24) is 4.90 Å². The summed E-state index contributed by atoms with van der Waals surface area (Å²) < 4.78 is 11.9. The van der Waals surface area contributed by atoms with Crippen molar-refractivity contribution in [2.75, 3.05) is 56.6 Å². The second kappa shape index (κ2) is 11.5. The number of hydrogen-bond donors (Lipinski definition) is 1. The molecule has 0 amide bonds. The average molecular weight is 498 g/mol. The Balaban J connectivity index is 1.15. The van der Waals surface area contributed by atoms with Crippen LogP contribution in [-0.2, 0) is 0 Å². The van der Waals surface area contributed by atoms with Crippen molar-refractivity contribution in [3.8, 4) is 17.1 Å². The number of nitrogens with one attached hydrogen (secondary N) is 1. The molecule has 5 rings (SSSR count). The minimum Gasteiger partial charge on any atom is -0.495 e. The topological polar surface area (TPSA) is 58.0 Å². The zero-order chi connectivity index (χ0) is 25.6. The van der Waals surface area contributed by atoms with E-state index < -0.39 is 0 Å². The molecule has 0 radical (unpaired) electrons. The molecule has 0 bridgehead atoms. The van der Waals surface area contributed by atoms with Gasteiger partial charge in [-0.3, -0.25) is 9.69 Å². The van der Waals surface area contributed by atoms with Gasteiger partial charge in [-0.1, -0.05) is 48.5 Å². The van der Waals surface area contributed by atoms with E-state index in [1.165, 1.54) is 5.69 Å². The molecule has 2 heterocycles. The summed E-state index contributed by atoms with van der Waals surface area (Å²) in [5, 5.41) is 4.14. The summed E-state index contributed by atoms with van der Waals surface area (Å²) in [4.78, 5) is 18.0. The van der Waals surface area contributed by atoms with Gasteiger partial charge in [-0.05, 0) is 50.6 Å². The van der Waals surface area contributed by atoms with E-state index in [2.05, 4.69) is 27.2 Å². The number of benzene rings is 3. The summed E-state index contributed by atoms with van der Waals surface area (Å²) in [7, 11) is 1.73. The molecule has 0 unspecified atom stereocenters. The molecule has 4 aromatic rings. The fourth-order valence-electron chi connectivity index (χ4n) is 5.10. The highest BCUT2D eigenvalue weighted by molar-refractivity contribution is 5.90. The number of methoxy groups -OCH3 is 1. The minimum atomic E-state index is 0.0241. The van der Waals surface area contributed by atoms with Crippen LogP contribution in [0.1, 0.15) is 18.4 Å². The molecule has 3 aromatic carbocycles. The van der Waals surface area contributed by atoms with E-state index in [0.717, 1.165) is 69.1 Å². The molecule has 6 heteroatoms. The second-order valence-electron chi connectivity index (χ2n) is 9.57. The minimum absolute atomic E-state index is 0.0241. The van der Waals surface area contributed by atoms with Gasteiger partial charge in [0.2, 0.25) is 0 Å². The van der Waals surface area contributed by atoms with Gasteiger partial charge >= 0.3 is 0 Å². The van der Waals surface area contributed by atoms with Gasteiger partial charge in [-0.2, -0.15) is 0 Å². The summed E-state index contributed by atoms with van der Waals surface area (Å²) in [6.45, 7) is 7.89. The van der Waals surface area contributed by atoms with Gasteiger partial charge in [0.15, 0.2) is 11.0 Å². The Labute approximate surface area is 218 Å². The first-order valence-corrected chi connectivity index (χ1v) is 13.1. The average Bonchev–Trinajstić information content (AvgIpc) is 2.95. The first-order valence-electron chi connectivity index (χ1n) is 13.1. The fraction of sp³-hybridized carbons (Fsp3) is 0.323. The highest BCUT2D eigenvalue weighted by Gasteiger charge is 2.19. The molecule has 0 atom stereocenters. The zero-order valence-electron chi connectivity index (χ0n) is 21.7. The quantitative estimate of drug-likeness (QED) is 0.295. The monoisotopic (exact) mass is 497 g/mol. The maximum atomic E-state index is 13.1. The first-order chi connectivity index (χ1) is 18.2. The van der Waals surface area contributed by atoms with Crippen molar-refractivity contribution in [3.63, 3.8) is 0 Å². The maximum Gasteiger partial charge on any atom is 0.196 e. The largest absolute Gasteiger partial charge is 0.495 e. The lowest BCUT2D eigenvalue weighted by molar-refractivity contribution is 0.253. The van der Waals surface area contributed by atoms with Crippen molar-refractivity contribution >= 4 is 22.3 Å². The Morgan fingerprint density at radius 2 is 1.65 bits per heavy atom. The molecule has 1 aliphatic rings. The van der Waals surface area contributed by atoms with E-state index in [9.17, 15) is 4.79 Å². The number of ether oxygens (including phenoxy) is 1. The third-order valence-electron chi connectivity index (χ3n) is 7.20. The lowest BCUT2D eigenvalue weighted by atomic mass is 10.1. The lowest BCUT2D eigenvalue weighted by Crippen LogP contribution is -2.46. The van der Waals surface area contributed by atoms with E-state index in [1.54, 1.807) is 7.11 Å². The van der Waals surface area contributed by atoms with Crippen LogP contribution in [0.3, 0.4) is 0 Å². The molecule has 37 heavy (non-hydrogen) atoms. The van der Waals surface area contributed by atoms with Gasteiger partial charge in [-0.25, -0.2) is 0 Å². The number of anilines is 2. The number of piperazine rings is 1. The summed E-state index contributed by atoms with van der Waals surface area (Å²) in [6, 6.07) is 23.8. The summed E-state index contributed by atoms with van der Waals surface area (Å²) in [5.74, 6) is 1.58. The van der Waals surface area contributed by atoms with Gasteiger partial charge in [0.25, 0.3) is 0 Å². The van der Waals surface area contributed by atoms with Gasteiger partial charge in [0.05, 0.1) is 23.9 Å². The summed E-state index contributed by atoms with van der Waals surface area (Å²) in [6.07, 6.45) is 2.16. The molecule has 1 fully saturated rings. The number of unbranched alkanes of at least 4 members (excludes halogenated alkanes) is 1. The highest BCUT2D eigenvalue weighted by atomic mass is 16.5. The Bertz CT molecular complexity index is 1390. The van der Waals surface area contributed by atoms with Crippen LogP contribution in [0.25, 0.3) is 22.3 Å². The Morgan fingerprint density at radius 3 is 2.43 bits per heavy atom. The van der Waals surface area contributed by atoms with Crippen LogP contribution in [0.4, 0.5) is 11.4 Å². The molecule has 0 spiro atoms. The summed E-state index contributed by atoms with van der Waals surface area (Å²) >= 11 is 0. The number of para-hydroxylation sites is 3. The third-order valence-corrected chi connectivity index (χ3v) is 7.20. The standard InChI is InChI=1S/C31H35N3O3/c1-23-29(35)25-13-10-14-26(31(25)37-30(23)24-11-4-3-5-12-24)32-17-8-9-18-33-19-21-34(22-20-33)27-15-6-7-16-28(27)36-2/h3-7,10-16,32H,8-9,17-22H2,1-2H3. The predicted octanol–water partition coefficient (Wildman–Crippen LogP) is 5.79. The van der Waals surface area contributed by atoms with Crippen LogP contribution in [-0.4, -0.2) is 51.3 Å². The summed E-state index contributed by atoms with van der Waals surface area (Å²) in [5.41, 5.74) is 4.26. The number of rotatable bonds is 9. The van der Waals surface area contributed by atoms with Crippen LogP contribution in [0.15, 0.2) is 82.0 Å². The van der Waals surface area contributed by atoms with E-state index in [0.29, 0.717) is 22.3 Å². The van der Waals surface area contributed by atoms with Crippen LogP contribution < -0.4 is 20.4 Å². The number of hydrogen-bond acceptors (Lipinski definition) is 6. The normalized spacial score (nSPS) is 14.2. The fourth-order valence-corrected chi connectivity index (χ4v) is 5.10. The Morgan fingerprint density at radius 1 is 0.892 bits per heavy atom. The Kier molecular flexibility index (Phi) is 7.76. The highest BCUT2D eigenvalue weighted by Crippen LogP contribution is 2.30. The van der Waals surface area contributed by atoms with Crippen LogP contribution in [0.2, 0.25) is 0 Å². The predicted molar refractivity (Wildman–Crippen MR) is 152 cm³/mol. The van der Waals surface area contributed by atoms with Crippen molar-refractivity contribution in [3.05, 3.63) is 88.6 Å². The Hall–Kier alpha value is -3.77. The molecule has 1 aromatic heterocycles. The zero-order valence-corrected chi connectivity index (χ0v) is 21.7. The molecule has 1 saturated heterocycles. The SMILES string of the molecule is COc1ccccc1N1CCN(CCCCNc2cccc3c(=O)c(C)c(-c4ccccc4)oc23)CC1. The smallest absolute Gasteiger partial charge is 0.196 e. The van der Waals surface area contributed by atoms with E-state index >= 15 is 0 Å². The number of fused-ring (bicyclic) bond motifs is 1. The first kappa shape index (κ1) is 24.9. The molecule has 1 N–H and O–H groups in total. The van der Waals surface area contributed by atoms with Crippen molar-refractivity contribution < 1.29 is 9.15 Å². The van der Waals surface area contributed by atoms with Crippen molar-refractivity contribution in [2.45, 2.75) is 19.8 Å². The number of nitrogens with zero attached hydrogens (tertiary/aromatic N) is 2. The maximum absolute atomic E-state index is 13.1. The van der Waals surface area contributed by atoms with Crippen molar-refractivity contribution in [2.24, 2.45) is 0 Å². The second-order valence-corrected chi connectivity index (χ2v) is 9.57. The van der Waals surface area contributed by atoms with Gasteiger partial charge in [-0.15, -0.1) is 0 Å². The van der Waals surface area contributed by atoms with Crippen LogP contribution >= 0.6 is 0 Å². The van der Waals surface area contributed by atoms with Crippen LogP contribution in [0, 0.1) is 6.92 Å². The van der Waals surface area contributed by atoms with E-state index in [-0.39, 0.29) is 5.43 Å². The molecule has 0 aliphatic carbocycles. The molecular weight excluding hydrogens is 462 g/mol. The molecule has 1 aliphatic heterocycles. The molecule has 192 valence electrons. The van der Waals surface area contributed by atoms with Gasteiger partial charge in [0.1, 0.15) is 11.5 Å². The van der Waals surface area contributed by atoms with Crippen molar-refractivity contribution in [1.29, 1.82) is 0 Å². The molecule has 6 nitrogen and oxygen atoms in total. The van der Waals surface area contributed by atoms with Gasteiger partial charge < -0.3 is 19.4 Å². The van der Waals surface area contributed by atoms with E-state index in [1.807, 2.05) is 67.6 Å². The lowest BCUT2D eigenvalue weighted by Gasteiger charge is -2.36. The van der Waals surface area contributed by atoms with Gasteiger partial charge in [0, 0.05) is 43.9 Å².